The molecule has 2 rings (SSSR count). The fraction of sp³-hybridized carbons (Fsp3) is 0.455. The molecule has 0 saturated heterocycles. The Morgan fingerprint density at radius 3 is 2.27 bits per heavy atom. The third-order valence-corrected chi connectivity index (χ3v) is 4.82. The number of nitrogens with one attached hydrogen (secondary N) is 1. The summed E-state index contributed by atoms with van der Waals surface area (Å²) in [6.07, 6.45) is -0.548. The molecule has 142 valence electrons. The average molecular weight is 357 g/mol. The Hall–Kier alpha value is -1.88. The zero-order chi connectivity index (χ0) is 19.1. The Morgan fingerprint density at radius 2 is 1.62 bits per heavy atom. The van der Waals surface area contributed by atoms with Crippen molar-refractivity contribution >= 4 is 0 Å². The van der Waals surface area contributed by atoms with Gasteiger partial charge in [0.05, 0.1) is 0 Å². The minimum atomic E-state index is -0.548. The topological polar surface area (TPSA) is 44.7 Å². The van der Waals surface area contributed by atoms with E-state index in [2.05, 4.69) is 74.6 Å². The standard InChI is InChI=1S/C22H32N2O2/c1-16-11-12-17(2)22(18(16)3)26-15-20(25)13-23-14-21(24(4)5)19-9-7-6-8-10-19/h6-12,20-21,23,25H,13-15H2,1-5H3/t20-,21-/m0/s1. The molecule has 2 N–H and O–H groups in total. The van der Waals surface area contributed by atoms with Crippen LogP contribution in [0.1, 0.15) is 28.3 Å². The van der Waals surface area contributed by atoms with Gasteiger partial charge >= 0.3 is 0 Å². The number of likely N-dealkylation sites (N-methyl/N-ethyl adjacent to an activating group) is 1. The lowest BCUT2D eigenvalue weighted by Crippen LogP contribution is -2.37. The Bertz CT molecular complexity index is 686. The molecule has 4 nitrogen and oxygen atoms in total. The molecule has 2 atom stereocenters. The molecular weight excluding hydrogens is 324 g/mol. The lowest BCUT2D eigenvalue weighted by molar-refractivity contribution is 0.103. The maximum atomic E-state index is 10.3. The smallest absolute Gasteiger partial charge is 0.125 e. The molecule has 0 aliphatic rings. The highest BCUT2D eigenvalue weighted by atomic mass is 16.5. The number of hydrogen-bond donors (Lipinski definition) is 2. The zero-order valence-corrected chi connectivity index (χ0v) is 16.6. The number of nitrogens with zero attached hydrogens (tertiary/aromatic N) is 1. The zero-order valence-electron chi connectivity index (χ0n) is 16.6. The van der Waals surface area contributed by atoms with Gasteiger partial charge in [-0.05, 0) is 57.1 Å². The van der Waals surface area contributed by atoms with Crippen molar-refractivity contribution in [3.8, 4) is 5.75 Å². The van der Waals surface area contributed by atoms with Gasteiger partial charge in [-0.25, -0.2) is 0 Å². The van der Waals surface area contributed by atoms with E-state index >= 15 is 0 Å². The molecular formula is C22H32N2O2. The van der Waals surface area contributed by atoms with Crippen molar-refractivity contribution in [1.82, 2.24) is 10.2 Å². The molecule has 0 unspecified atom stereocenters. The maximum absolute atomic E-state index is 10.3. The van der Waals surface area contributed by atoms with Crippen molar-refractivity contribution in [2.24, 2.45) is 0 Å². The number of aryl methyl sites for hydroxylation is 2. The molecule has 0 spiro atoms. The number of hydrogen-bond acceptors (Lipinski definition) is 4. The quantitative estimate of drug-likeness (QED) is 0.724. The van der Waals surface area contributed by atoms with Crippen molar-refractivity contribution < 1.29 is 9.84 Å². The van der Waals surface area contributed by atoms with Crippen molar-refractivity contribution in [3.05, 3.63) is 64.7 Å². The summed E-state index contributed by atoms with van der Waals surface area (Å²) in [6.45, 7) is 7.73. The van der Waals surface area contributed by atoms with Crippen LogP contribution in [0, 0.1) is 20.8 Å². The van der Waals surface area contributed by atoms with Gasteiger partial charge in [0, 0.05) is 19.1 Å². The van der Waals surface area contributed by atoms with Crippen molar-refractivity contribution in [3.63, 3.8) is 0 Å². The summed E-state index contributed by atoms with van der Waals surface area (Å²) >= 11 is 0. The van der Waals surface area contributed by atoms with E-state index in [1.54, 1.807) is 0 Å². The van der Waals surface area contributed by atoms with Crippen LogP contribution in [0.2, 0.25) is 0 Å². The van der Waals surface area contributed by atoms with E-state index in [0.717, 1.165) is 23.4 Å². The van der Waals surface area contributed by atoms with E-state index in [1.165, 1.54) is 11.1 Å². The second-order valence-electron chi connectivity index (χ2n) is 7.17. The van der Waals surface area contributed by atoms with E-state index < -0.39 is 6.10 Å². The van der Waals surface area contributed by atoms with E-state index in [-0.39, 0.29) is 12.6 Å². The molecule has 0 heterocycles. The van der Waals surface area contributed by atoms with Gasteiger partial charge in [0.1, 0.15) is 18.5 Å². The van der Waals surface area contributed by atoms with Crippen LogP contribution in [0.25, 0.3) is 0 Å². The predicted molar refractivity (Wildman–Crippen MR) is 108 cm³/mol. The normalized spacial score (nSPS) is 13.7. The largest absolute Gasteiger partial charge is 0.490 e. The predicted octanol–water partition coefficient (Wildman–Crippen LogP) is 3.24. The fourth-order valence-corrected chi connectivity index (χ4v) is 3.05. The maximum Gasteiger partial charge on any atom is 0.125 e. The monoisotopic (exact) mass is 356 g/mol. The molecule has 0 radical (unpaired) electrons. The summed E-state index contributed by atoms with van der Waals surface area (Å²) in [6, 6.07) is 14.8. The second kappa shape index (κ2) is 9.72. The highest BCUT2D eigenvalue weighted by Gasteiger charge is 2.15. The molecule has 0 fully saturated rings. The third kappa shape index (κ3) is 5.56. The SMILES string of the molecule is Cc1ccc(C)c(OC[C@@H](O)CNC[C@@H](c2ccccc2)N(C)C)c1C. The van der Waals surface area contributed by atoms with Crippen LogP contribution in [0.4, 0.5) is 0 Å². The molecule has 0 saturated carbocycles. The molecule has 0 aliphatic heterocycles. The molecule has 2 aromatic rings. The Kier molecular flexibility index (Phi) is 7.64. The lowest BCUT2D eigenvalue weighted by Gasteiger charge is -2.26. The van der Waals surface area contributed by atoms with E-state index in [4.69, 9.17) is 4.74 Å². The Labute approximate surface area is 157 Å². The highest BCUT2D eigenvalue weighted by molar-refractivity contribution is 5.44. The van der Waals surface area contributed by atoms with Crippen molar-refractivity contribution in [2.45, 2.75) is 32.9 Å². The third-order valence-electron chi connectivity index (χ3n) is 4.82. The highest BCUT2D eigenvalue weighted by Crippen LogP contribution is 2.25. The van der Waals surface area contributed by atoms with Crippen LogP contribution < -0.4 is 10.1 Å². The van der Waals surface area contributed by atoms with Crippen LogP contribution in [-0.2, 0) is 0 Å². The molecule has 0 bridgehead atoms. The number of aliphatic hydroxyl groups excluding tert-OH is 1. The van der Waals surface area contributed by atoms with Crippen LogP contribution in [0.3, 0.4) is 0 Å². The summed E-state index contributed by atoms with van der Waals surface area (Å²) in [7, 11) is 4.14. The van der Waals surface area contributed by atoms with Crippen molar-refractivity contribution in [2.75, 3.05) is 33.8 Å². The Balaban J connectivity index is 1.83. The number of benzene rings is 2. The van der Waals surface area contributed by atoms with E-state index in [1.807, 2.05) is 13.0 Å². The first-order chi connectivity index (χ1) is 12.4. The first-order valence-corrected chi connectivity index (χ1v) is 9.20. The fourth-order valence-electron chi connectivity index (χ4n) is 3.05. The summed E-state index contributed by atoms with van der Waals surface area (Å²) in [5.41, 5.74) is 4.71. The van der Waals surface area contributed by atoms with Gasteiger partial charge in [-0.15, -0.1) is 0 Å². The van der Waals surface area contributed by atoms with Crippen LogP contribution >= 0.6 is 0 Å². The number of rotatable bonds is 9. The lowest BCUT2D eigenvalue weighted by atomic mass is 10.1. The van der Waals surface area contributed by atoms with Crippen LogP contribution in [0.15, 0.2) is 42.5 Å². The Morgan fingerprint density at radius 1 is 0.962 bits per heavy atom. The van der Waals surface area contributed by atoms with E-state index in [0.29, 0.717) is 6.54 Å². The summed E-state index contributed by atoms with van der Waals surface area (Å²) < 4.78 is 5.90. The second-order valence-corrected chi connectivity index (χ2v) is 7.17. The summed E-state index contributed by atoms with van der Waals surface area (Å²) in [5, 5.41) is 13.7. The number of aliphatic hydroxyl groups is 1. The molecule has 2 aromatic carbocycles. The van der Waals surface area contributed by atoms with Gasteiger partial charge in [-0.1, -0.05) is 42.5 Å². The summed E-state index contributed by atoms with van der Waals surface area (Å²) in [5.74, 6) is 0.888. The van der Waals surface area contributed by atoms with Gasteiger partial charge in [0.25, 0.3) is 0 Å². The van der Waals surface area contributed by atoms with E-state index in [9.17, 15) is 5.11 Å². The van der Waals surface area contributed by atoms with Gasteiger partial charge in [0.15, 0.2) is 0 Å². The number of ether oxygens (including phenoxy) is 1. The van der Waals surface area contributed by atoms with Crippen molar-refractivity contribution in [1.29, 1.82) is 0 Å². The molecule has 26 heavy (non-hydrogen) atoms. The van der Waals surface area contributed by atoms with Gasteiger partial charge in [0.2, 0.25) is 0 Å². The summed E-state index contributed by atoms with van der Waals surface area (Å²) in [4.78, 5) is 2.19. The first-order valence-electron chi connectivity index (χ1n) is 9.20. The van der Waals surface area contributed by atoms with Gasteiger partial charge < -0.3 is 20.1 Å². The van der Waals surface area contributed by atoms with Gasteiger partial charge in [-0.3, -0.25) is 0 Å². The molecule has 0 aliphatic carbocycles. The van der Waals surface area contributed by atoms with Crippen LogP contribution in [-0.4, -0.2) is 49.9 Å². The minimum absolute atomic E-state index is 0.269. The molecule has 0 amide bonds. The first kappa shape index (κ1) is 20.4. The van der Waals surface area contributed by atoms with Crippen LogP contribution in [0.5, 0.6) is 5.75 Å². The molecule has 0 aromatic heterocycles. The molecule has 4 heteroatoms. The average Bonchev–Trinajstić information content (AvgIpc) is 2.62. The minimum Gasteiger partial charge on any atom is -0.490 e. The van der Waals surface area contributed by atoms with Gasteiger partial charge in [-0.2, -0.15) is 0 Å².